The minimum absolute atomic E-state index is 0.0998. The van der Waals surface area contributed by atoms with Crippen LogP contribution in [-0.4, -0.2) is 5.78 Å². The molecule has 3 rings (SSSR count). The van der Waals surface area contributed by atoms with Crippen molar-refractivity contribution < 1.29 is 18.0 Å². The Morgan fingerprint density at radius 3 is 2.27 bits per heavy atom. The maximum absolute atomic E-state index is 12.8. The van der Waals surface area contributed by atoms with Crippen LogP contribution in [0.5, 0.6) is 0 Å². The van der Waals surface area contributed by atoms with E-state index in [9.17, 15) is 18.0 Å². The summed E-state index contributed by atoms with van der Waals surface area (Å²) in [5, 5.41) is 3.17. The summed E-state index contributed by atoms with van der Waals surface area (Å²) < 4.78 is 38.5. The van der Waals surface area contributed by atoms with E-state index in [1.807, 2.05) is 30.3 Å². The zero-order chi connectivity index (χ0) is 18.6. The van der Waals surface area contributed by atoms with Gasteiger partial charge in [0.25, 0.3) is 0 Å². The summed E-state index contributed by atoms with van der Waals surface area (Å²) in [6.45, 7) is 0. The molecule has 1 N–H and O–H groups in total. The van der Waals surface area contributed by atoms with Crippen LogP contribution in [0.3, 0.4) is 0 Å². The molecule has 0 heterocycles. The number of alkyl halides is 3. The number of hydrogen-bond acceptors (Lipinski definition) is 2. The van der Waals surface area contributed by atoms with Gasteiger partial charge in [0.05, 0.1) is 5.56 Å². The van der Waals surface area contributed by atoms with Crippen LogP contribution in [0.4, 0.5) is 24.5 Å². The second kappa shape index (κ2) is 7.44. The smallest absolute Gasteiger partial charge is 0.355 e. The molecule has 0 aliphatic heterocycles. The number of anilines is 2. The standard InChI is InChI=1S/C21H16F3NO/c22-21(23,24)16-8-6-7-15(13-16)14-20(26)18-11-4-5-12-19(18)25-17-9-2-1-3-10-17/h1-13,25H,14H2. The monoisotopic (exact) mass is 355 g/mol. The summed E-state index contributed by atoms with van der Waals surface area (Å²) in [6, 6.07) is 21.2. The van der Waals surface area contributed by atoms with Gasteiger partial charge in [-0.15, -0.1) is 0 Å². The third kappa shape index (κ3) is 4.30. The van der Waals surface area contributed by atoms with Crippen LogP contribution >= 0.6 is 0 Å². The first-order chi connectivity index (χ1) is 12.4. The molecule has 0 aromatic heterocycles. The maximum Gasteiger partial charge on any atom is 0.416 e. The Balaban J connectivity index is 1.83. The lowest BCUT2D eigenvalue weighted by atomic mass is 10.00. The molecule has 26 heavy (non-hydrogen) atoms. The summed E-state index contributed by atoms with van der Waals surface area (Å²) in [5.74, 6) is -0.247. The van der Waals surface area contributed by atoms with E-state index in [4.69, 9.17) is 0 Å². The highest BCUT2D eigenvalue weighted by Gasteiger charge is 2.30. The van der Waals surface area contributed by atoms with E-state index in [1.54, 1.807) is 24.3 Å². The van der Waals surface area contributed by atoms with Crippen molar-refractivity contribution >= 4 is 17.2 Å². The summed E-state index contributed by atoms with van der Waals surface area (Å²) in [7, 11) is 0. The molecule has 2 nitrogen and oxygen atoms in total. The molecular formula is C21H16F3NO. The van der Waals surface area contributed by atoms with E-state index in [-0.39, 0.29) is 12.2 Å². The Morgan fingerprint density at radius 1 is 0.846 bits per heavy atom. The van der Waals surface area contributed by atoms with Crippen LogP contribution in [0, 0.1) is 0 Å². The fraction of sp³-hybridized carbons (Fsp3) is 0.0952. The number of benzene rings is 3. The minimum atomic E-state index is -4.42. The van der Waals surface area contributed by atoms with E-state index in [0.717, 1.165) is 17.8 Å². The number of carbonyl (C=O) groups excluding carboxylic acids is 1. The van der Waals surface area contributed by atoms with Crippen molar-refractivity contribution in [2.45, 2.75) is 12.6 Å². The van der Waals surface area contributed by atoms with Crippen molar-refractivity contribution in [2.24, 2.45) is 0 Å². The van der Waals surface area contributed by atoms with Gasteiger partial charge in [-0.1, -0.05) is 48.5 Å². The van der Waals surface area contributed by atoms with Crippen LogP contribution in [0.15, 0.2) is 78.9 Å². The molecule has 0 aliphatic rings. The number of halogens is 3. The highest BCUT2D eigenvalue weighted by atomic mass is 19.4. The lowest BCUT2D eigenvalue weighted by molar-refractivity contribution is -0.137. The number of rotatable bonds is 5. The highest BCUT2D eigenvalue weighted by molar-refractivity contribution is 6.02. The van der Waals surface area contributed by atoms with Gasteiger partial charge < -0.3 is 5.32 Å². The van der Waals surface area contributed by atoms with Gasteiger partial charge in [0.2, 0.25) is 0 Å². The number of ketones is 1. The van der Waals surface area contributed by atoms with Gasteiger partial charge in [0.15, 0.2) is 5.78 Å². The normalized spacial score (nSPS) is 11.2. The lowest BCUT2D eigenvalue weighted by Gasteiger charge is -2.12. The Hall–Kier alpha value is -3.08. The Morgan fingerprint density at radius 2 is 1.54 bits per heavy atom. The SMILES string of the molecule is O=C(Cc1cccc(C(F)(F)F)c1)c1ccccc1Nc1ccccc1. The van der Waals surface area contributed by atoms with Crippen molar-refractivity contribution in [1.82, 2.24) is 0 Å². The van der Waals surface area contributed by atoms with Crippen LogP contribution in [0.25, 0.3) is 0 Å². The maximum atomic E-state index is 12.8. The zero-order valence-electron chi connectivity index (χ0n) is 13.8. The molecule has 132 valence electrons. The van der Waals surface area contributed by atoms with Crippen molar-refractivity contribution in [1.29, 1.82) is 0 Å². The molecule has 3 aromatic rings. The summed E-state index contributed by atoms with van der Waals surface area (Å²) in [6.07, 6.45) is -4.52. The largest absolute Gasteiger partial charge is 0.416 e. The fourth-order valence-electron chi connectivity index (χ4n) is 2.65. The Labute approximate surface area is 149 Å². The predicted molar refractivity (Wildman–Crippen MR) is 95.6 cm³/mol. The first-order valence-electron chi connectivity index (χ1n) is 8.04. The molecule has 0 spiro atoms. The van der Waals surface area contributed by atoms with Gasteiger partial charge in [-0.05, 0) is 35.9 Å². The quantitative estimate of drug-likeness (QED) is 0.580. The van der Waals surface area contributed by atoms with Gasteiger partial charge in [0, 0.05) is 23.4 Å². The summed E-state index contributed by atoms with van der Waals surface area (Å²) in [5.41, 5.74) is 1.47. The van der Waals surface area contributed by atoms with Crippen LogP contribution in [0.2, 0.25) is 0 Å². The second-order valence-corrected chi connectivity index (χ2v) is 5.83. The van der Waals surface area contributed by atoms with Gasteiger partial charge in [-0.25, -0.2) is 0 Å². The lowest BCUT2D eigenvalue weighted by Crippen LogP contribution is -2.09. The van der Waals surface area contributed by atoms with E-state index < -0.39 is 11.7 Å². The van der Waals surface area contributed by atoms with E-state index >= 15 is 0 Å². The molecule has 0 radical (unpaired) electrons. The van der Waals surface area contributed by atoms with Crippen LogP contribution in [0.1, 0.15) is 21.5 Å². The van der Waals surface area contributed by atoms with Crippen molar-refractivity contribution in [3.63, 3.8) is 0 Å². The zero-order valence-corrected chi connectivity index (χ0v) is 13.8. The van der Waals surface area contributed by atoms with E-state index in [1.165, 1.54) is 12.1 Å². The number of para-hydroxylation sites is 2. The molecule has 0 fully saturated rings. The molecule has 0 bridgehead atoms. The molecule has 3 aromatic carbocycles. The molecule has 5 heteroatoms. The summed E-state index contributed by atoms with van der Waals surface area (Å²) >= 11 is 0. The first-order valence-corrected chi connectivity index (χ1v) is 8.04. The molecule has 0 amide bonds. The molecule has 0 saturated carbocycles. The predicted octanol–water partition coefficient (Wildman–Crippen LogP) is 5.87. The van der Waals surface area contributed by atoms with Crippen molar-refractivity contribution in [3.8, 4) is 0 Å². The average molecular weight is 355 g/mol. The van der Waals surface area contributed by atoms with E-state index in [0.29, 0.717) is 16.8 Å². The Bertz CT molecular complexity index is 904. The van der Waals surface area contributed by atoms with Crippen molar-refractivity contribution in [2.75, 3.05) is 5.32 Å². The first kappa shape index (κ1) is 17.7. The highest BCUT2D eigenvalue weighted by Crippen LogP contribution is 2.30. The number of nitrogens with one attached hydrogen (secondary N) is 1. The number of hydrogen-bond donors (Lipinski definition) is 1. The van der Waals surface area contributed by atoms with Crippen LogP contribution < -0.4 is 5.32 Å². The third-order valence-corrected chi connectivity index (χ3v) is 3.90. The molecule has 0 aliphatic carbocycles. The van der Waals surface area contributed by atoms with Crippen LogP contribution in [-0.2, 0) is 12.6 Å². The van der Waals surface area contributed by atoms with Gasteiger partial charge in [0.1, 0.15) is 0 Å². The van der Waals surface area contributed by atoms with Gasteiger partial charge in [-0.3, -0.25) is 4.79 Å². The molecule has 0 atom stereocenters. The Kier molecular flexibility index (Phi) is 5.07. The molecular weight excluding hydrogens is 339 g/mol. The topological polar surface area (TPSA) is 29.1 Å². The average Bonchev–Trinajstić information content (AvgIpc) is 2.62. The van der Waals surface area contributed by atoms with E-state index in [2.05, 4.69) is 5.32 Å². The van der Waals surface area contributed by atoms with Crippen molar-refractivity contribution in [3.05, 3.63) is 95.6 Å². The summed E-state index contributed by atoms with van der Waals surface area (Å²) in [4.78, 5) is 12.7. The fourth-order valence-corrected chi connectivity index (χ4v) is 2.65. The molecule has 0 unspecified atom stereocenters. The third-order valence-electron chi connectivity index (χ3n) is 3.90. The van der Waals surface area contributed by atoms with Gasteiger partial charge in [-0.2, -0.15) is 13.2 Å². The number of carbonyl (C=O) groups is 1. The minimum Gasteiger partial charge on any atom is -0.355 e. The second-order valence-electron chi connectivity index (χ2n) is 5.83. The van der Waals surface area contributed by atoms with Gasteiger partial charge >= 0.3 is 6.18 Å². The molecule has 0 saturated heterocycles. The number of Topliss-reactive ketones (excluding diaryl/α,β-unsaturated/α-hetero) is 1.